The SMILES string of the molecule is CCOc1ccc(C(=O)Nc2ccc(O)c(-c3cc(C4CCCC4)n(C(=O)NCc4ccc(F)cc4)n3)c2)cc1. The molecule has 0 saturated heterocycles. The van der Waals surface area contributed by atoms with E-state index in [1.165, 1.54) is 22.9 Å². The van der Waals surface area contributed by atoms with Crippen LogP contribution in [0.1, 0.15) is 60.1 Å². The molecule has 1 saturated carbocycles. The van der Waals surface area contributed by atoms with Gasteiger partial charge in [0, 0.05) is 29.3 Å². The summed E-state index contributed by atoms with van der Waals surface area (Å²) in [6.07, 6.45) is 4.03. The third kappa shape index (κ3) is 6.14. The van der Waals surface area contributed by atoms with Crippen LogP contribution in [0.4, 0.5) is 14.9 Å². The highest BCUT2D eigenvalue weighted by atomic mass is 19.1. The average Bonchev–Trinajstić information content (AvgIpc) is 3.65. The number of phenols is 1. The van der Waals surface area contributed by atoms with Crippen LogP contribution in [0.25, 0.3) is 11.3 Å². The van der Waals surface area contributed by atoms with Crippen LogP contribution in [-0.2, 0) is 6.54 Å². The van der Waals surface area contributed by atoms with Gasteiger partial charge in [-0.2, -0.15) is 9.78 Å². The normalized spacial score (nSPS) is 13.2. The Balaban J connectivity index is 1.38. The van der Waals surface area contributed by atoms with Crippen LogP contribution in [-0.4, -0.2) is 33.4 Å². The van der Waals surface area contributed by atoms with Crippen molar-refractivity contribution < 1.29 is 23.8 Å². The second kappa shape index (κ2) is 12.0. The average molecular weight is 543 g/mol. The molecule has 0 aliphatic heterocycles. The molecule has 0 radical (unpaired) electrons. The monoisotopic (exact) mass is 542 g/mol. The summed E-state index contributed by atoms with van der Waals surface area (Å²) in [5, 5.41) is 21.0. The third-order valence-corrected chi connectivity index (χ3v) is 7.02. The minimum absolute atomic E-state index is 0.0200. The highest BCUT2D eigenvalue weighted by Crippen LogP contribution is 2.38. The number of carbonyl (C=O) groups excluding carboxylic acids is 2. The summed E-state index contributed by atoms with van der Waals surface area (Å²) >= 11 is 0. The number of nitrogens with zero attached hydrogens (tertiary/aromatic N) is 2. The Morgan fingerprint density at radius 3 is 2.45 bits per heavy atom. The van der Waals surface area contributed by atoms with Crippen LogP contribution >= 0.6 is 0 Å². The van der Waals surface area contributed by atoms with Gasteiger partial charge in [0.15, 0.2) is 0 Å². The summed E-state index contributed by atoms with van der Waals surface area (Å²) in [6.45, 7) is 2.65. The van der Waals surface area contributed by atoms with Crippen LogP contribution in [0.5, 0.6) is 11.5 Å². The number of nitrogens with one attached hydrogen (secondary N) is 2. The van der Waals surface area contributed by atoms with Crippen molar-refractivity contribution in [3.8, 4) is 22.8 Å². The number of hydrogen-bond acceptors (Lipinski definition) is 5. The van der Waals surface area contributed by atoms with E-state index in [4.69, 9.17) is 4.74 Å². The standard InChI is InChI=1S/C31H31FN4O4/c1-2-40-25-14-9-22(10-15-25)30(38)34-24-13-16-29(37)26(17-24)27-18-28(21-5-3-4-6-21)36(35-27)31(39)33-19-20-7-11-23(32)12-8-20/h7-18,21,37H,2-6,19H2,1H3,(H,33,39)(H,34,38). The molecule has 1 aromatic heterocycles. The first kappa shape index (κ1) is 26.9. The molecule has 1 fully saturated rings. The number of phenolic OH excluding ortho intramolecular Hbond substituents is 1. The smallest absolute Gasteiger partial charge is 0.342 e. The minimum Gasteiger partial charge on any atom is -0.507 e. The number of aromatic nitrogens is 2. The zero-order chi connectivity index (χ0) is 28.1. The Labute approximate surface area is 231 Å². The molecule has 0 spiro atoms. The highest BCUT2D eigenvalue weighted by Gasteiger charge is 2.26. The Morgan fingerprint density at radius 2 is 1.75 bits per heavy atom. The van der Waals surface area contributed by atoms with E-state index in [9.17, 15) is 19.1 Å². The summed E-state index contributed by atoms with van der Waals surface area (Å²) in [4.78, 5) is 26.1. The summed E-state index contributed by atoms with van der Waals surface area (Å²) < 4.78 is 20.0. The Kier molecular flexibility index (Phi) is 8.10. The summed E-state index contributed by atoms with van der Waals surface area (Å²) in [6, 6.07) is 18.9. The first-order valence-electron chi connectivity index (χ1n) is 13.4. The molecule has 0 bridgehead atoms. The molecule has 0 unspecified atom stereocenters. The second-order valence-electron chi connectivity index (χ2n) is 9.78. The van der Waals surface area contributed by atoms with E-state index >= 15 is 0 Å². The quantitative estimate of drug-likeness (QED) is 0.222. The fourth-order valence-electron chi connectivity index (χ4n) is 4.95. The van der Waals surface area contributed by atoms with E-state index in [1.54, 1.807) is 48.5 Å². The van der Waals surface area contributed by atoms with E-state index in [2.05, 4.69) is 15.7 Å². The van der Waals surface area contributed by atoms with Gasteiger partial charge < -0.3 is 20.5 Å². The fourth-order valence-corrected chi connectivity index (χ4v) is 4.95. The van der Waals surface area contributed by atoms with Crippen LogP contribution in [0.15, 0.2) is 72.8 Å². The molecule has 4 aromatic rings. The molecule has 206 valence electrons. The van der Waals surface area contributed by atoms with E-state index in [1.807, 2.05) is 13.0 Å². The zero-order valence-corrected chi connectivity index (χ0v) is 22.2. The lowest BCUT2D eigenvalue weighted by molar-refractivity contribution is 0.102. The second-order valence-corrected chi connectivity index (χ2v) is 9.78. The van der Waals surface area contributed by atoms with Gasteiger partial charge in [0.1, 0.15) is 17.3 Å². The molecule has 40 heavy (non-hydrogen) atoms. The van der Waals surface area contributed by atoms with Crippen molar-refractivity contribution in [2.24, 2.45) is 0 Å². The topological polar surface area (TPSA) is 105 Å². The van der Waals surface area contributed by atoms with Gasteiger partial charge in [-0.25, -0.2) is 9.18 Å². The van der Waals surface area contributed by atoms with Gasteiger partial charge in [-0.05, 0) is 86.0 Å². The number of rotatable bonds is 8. The number of aromatic hydroxyl groups is 1. The highest BCUT2D eigenvalue weighted by molar-refractivity contribution is 6.04. The maximum atomic E-state index is 13.2. The van der Waals surface area contributed by atoms with Gasteiger partial charge >= 0.3 is 6.03 Å². The summed E-state index contributed by atoms with van der Waals surface area (Å²) in [5.41, 5.74) is 3.29. The zero-order valence-electron chi connectivity index (χ0n) is 22.2. The lowest BCUT2D eigenvalue weighted by Gasteiger charge is -2.12. The maximum absolute atomic E-state index is 13.2. The first-order chi connectivity index (χ1) is 19.4. The van der Waals surface area contributed by atoms with E-state index in [0.717, 1.165) is 36.9 Å². The van der Waals surface area contributed by atoms with Gasteiger partial charge in [-0.3, -0.25) is 4.79 Å². The largest absolute Gasteiger partial charge is 0.507 e. The first-order valence-corrected chi connectivity index (χ1v) is 13.4. The number of benzene rings is 3. The fraction of sp³-hybridized carbons (Fsp3) is 0.258. The van der Waals surface area contributed by atoms with Gasteiger partial charge in [-0.15, -0.1) is 0 Å². The van der Waals surface area contributed by atoms with Crippen molar-refractivity contribution in [3.05, 3.63) is 95.4 Å². The van der Waals surface area contributed by atoms with E-state index < -0.39 is 6.03 Å². The minimum atomic E-state index is -0.406. The molecule has 8 nitrogen and oxygen atoms in total. The predicted octanol–water partition coefficient (Wildman–Crippen LogP) is 6.46. The van der Waals surface area contributed by atoms with Crippen molar-refractivity contribution in [3.63, 3.8) is 0 Å². The molecule has 2 amide bonds. The lowest BCUT2D eigenvalue weighted by Crippen LogP contribution is -2.30. The van der Waals surface area contributed by atoms with Crippen LogP contribution in [0.3, 0.4) is 0 Å². The van der Waals surface area contributed by atoms with Gasteiger partial charge in [0.05, 0.1) is 18.0 Å². The van der Waals surface area contributed by atoms with Gasteiger partial charge in [-0.1, -0.05) is 25.0 Å². The predicted molar refractivity (Wildman–Crippen MR) is 150 cm³/mol. The van der Waals surface area contributed by atoms with Crippen molar-refractivity contribution in [2.45, 2.75) is 45.1 Å². The lowest BCUT2D eigenvalue weighted by atomic mass is 10.0. The summed E-state index contributed by atoms with van der Waals surface area (Å²) in [7, 11) is 0. The number of hydrogen-bond donors (Lipinski definition) is 3. The molecule has 1 heterocycles. The number of amides is 2. The molecule has 0 atom stereocenters. The summed E-state index contributed by atoms with van der Waals surface area (Å²) in [5.74, 6) is 0.183. The van der Waals surface area contributed by atoms with E-state index in [-0.39, 0.29) is 29.9 Å². The van der Waals surface area contributed by atoms with Crippen molar-refractivity contribution in [2.75, 3.05) is 11.9 Å². The van der Waals surface area contributed by atoms with Crippen molar-refractivity contribution >= 4 is 17.6 Å². The maximum Gasteiger partial charge on any atom is 0.342 e. The Morgan fingerprint density at radius 1 is 1.02 bits per heavy atom. The van der Waals surface area contributed by atoms with E-state index in [0.29, 0.717) is 34.9 Å². The molecular weight excluding hydrogens is 511 g/mol. The Hall–Kier alpha value is -4.66. The van der Waals surface area contributed by atoms with Crippen LogP contribution < -0.4 is 15.4 Å². The number of halogens is 1. The van der Waals surface area contributed by atoms with Crippen molar-refractivity contribution in [1.82, 2.24) is 15.1 Å². The number of anilines is 1. The molecule has 1 aliphatic carbocycles. The number of ether oxygens (including phenoxy) is 1. The molecular formula is C31H31FN4O4. The van der Waals surface area contributed by atoms with Crippen molar-refractivity contribution in [1.29, 1.82) is 0 Å². The third-order valence-electron chi connectivity index (χ3n) is 7.02. The number of carbonyl (C=O) groups is 2. The van der Waals surface area contributed by atoms with Crippen LogP contribution in [0.2, 0.25) is 0 Å². The van der Waals surface area contributed by atoms with Gasteiger partial charge in [0.2, 0.25) is 0 Å². The molecule has 3 aromatic carbocycles. The van der Waals surface area contributed by atoms with Gasteiger partial charge in [0.25, 0.3) is 5.91 Å². The van der Waals surface area contributed by atoms with Crippen LogP contribution in [0, 0.1) is 5.82 Å². The molecule has 3 N–H and O–H groups in total. The molecule has 9 heteroatoms. The Bertz CT molecular complexity index is 1490. The molecule has 1 aliphatic rings. The molecule has 5 rings (SSSR count).